The van der Waals surface area contributed by atoms with Crippen molar-refractivity contribution >= 4 is 17.5 Å². The lowest BCUT2D eigenvalue weighted by molar-refractivity contribution is 0.135. The number of para-hydroxylation sites is 1. The molecule has 0 spiro atoms. The molecule has 3 rings (SSSR count). The van der Waals surface area contributed by atoms with Gasteiger partial charge in [-0.25, -0.2) is 10.8 Å². The molecule has 6 nitrogen and oxygen atoms in total. The quantitative estimate of drug-likeness (QED) is 0.670. The van der Waals surface area contributed by atoms with E-state index in [0.29, 0.717) is 10.8 Å². The molecular formula is C14H15ClN4O2. The number of halogens is 1. The summed E-state index contributed by atoms with van der Waals surface area (Å²) >= 11 is 6.05. The van der Waals surface area contributed by atoms with Crippen LogP contribution in [0.2, 0.25) is 5.02 Å². The number of benzene rings is 1. The van der Waals surface area contributed by atoms with Crippen LogP contribution in [0.25, 0.3) is 0 Å². The molecule has 1 aromatic carbocycles. The fourth-order valence-electron chi connectivity index (χ4n) is 2.26. The smallest absolute Gasteiger partial charge is 0.243 e. The van der Waals surface area contributed by atoms with Crippen molar-refractivity contribution < 1.29 is 9.47 Å². The third-order valence-corrected chi connectivity index (χ3v) is 3.36. The number of nitrogens with zero attached hydrogens (tertiary/aromatic N) is 2. The van der Waals surface area contributed by atoms with E-state index in [-0.39, 0.29) is 17.4 Å². The molecule has 0 aliphatic carbocycles. The predicted molar refractivity (Wildman–Crippen MR) is 79.8 cm³/mol. The first kappa shape index (κ1) is 13.9. The fourth-order valence-corrected chi connectivity index (χ4v) is 2.39. The fraction of sp³-hybridized carbons (Fsp3) is 0.286. The van der Waals surface area contributed by atoms with Crippen molar-refractivity contribution in [2.24, 2.45) is 5.84 Å². The van der Waals surface area contributed by atoms with Gasteiger partial charge in [0, 0.05) is 12.0 Å². The lowest BCUT2D eigenvalue weighted by atomic mass is 10.0. The molecule has 0 saturated heterocycles. The number of hydrogen-bond acceptors (Lipinski definition) is 6. The van der Waals surface area contributed by atoms with Crippen molar-refractivity contribution in [3.63, 3.8) is 0 Å². The summed E-state index contributed by atoms with van der Waals surface area (Å²) in [5.41, 5.74) is 3.20. The molecule has 3 N–H and O–H groups in total. The second kappa shape index (κ2) is 5.05. The van der Waals surface area contributed by atoms with Crippen LogP contribution in [0.4, 0.5) is 5.95 Å². The van der Waals surface area contributed by atoms with Gasteiger partial charge in [0.1, 0.15) is 10.6 Å². The first-order valence-corrected chi connectivity index (χ1v) is 6.84. The summed E-state index contributed by atoms with van der Waals surface area (Å²) in [6.07, 6.45) is 2.25. The van der Waals surface area contributed by atoms with E-state index in [9.17, 15) is 0 Å². The van der Waals surface area contributed by atoms with Crippen molar-refractivity contribution in [2.45, 2.75) is 25.9 Å². The number of nitrogens with one attached hydrogen (secondary N) is 1. The molecule has 110 valence electrons. The van der Waals surface area contributed by atoms with Gasteiger partial charge < -0.3 is 9.47 Å². The van der Waals surface area contributed by atoms with E-state index in [1.165, 1.54) is 6.20 Å². The highest BCUT2D eigenvalue weighted by Gasteiger charge is 2.32. The van der Waals surface area contributed by atoms with Gasteiger partial charge >= 0.3 is 0 Å². The van der Waals surface area contributed by atoms with Gasteiger partial charge in [0.05, 0.1) is 6.20 Å². The Morgan fingerprint density at radius 1 is 1.43 bits per heavy atom. The summed E-state index contributed by atoms with van der Waals surface area (Å²) in [4.78, 5) is 8.00. The van der Waals surface area contributed by atoms with Gasteiger partial charge in [0.2, 0.25) is 11.8 Å². The van der Waals surface area contributed by atoms with Crippen LogP contribution in [0.15, 0.2) is 24.4 Å². The second-order valence-electron chi connectivity index (χ2n) is 5.38. The Kier molecular flexibility index (Phi) is 3.35. The summed E-state index contributed by atoms with van der Waals surface area (Å²) in [5.74, 6) is 7.03. The molecule has 1 aromatic heterocycles. The molecule has 0 radical (unpaired) electrons. The van der Waals surface area contributed by atoms with Crippen molar-refractivity contribution in [1.82, 2.24) is 9.97 Å². The van der Waals surface area contributed by atoms with Gasteiger partial charge in [-0.3, -0.25) is 5.43 Å². The predicted octanol–water partition coefficient (Wildman–Crippen LogP) is 2.92. The SMILES string of the molecule is CC1(C)Cc2cccc(Oc3nc(NN)ncc3Cl)c2O1. The van der Waals surface area contributed by atoms with Crippen LogP contribution in [0.5, 0.6) is 17.4 Å². The molecule has 2 heterocycles. The molecule has 21 heavy (non-hydrogen) atoms. The first-order valence-electron chi connectivity index (χ1n) is 6.46. The molecular weight excluding hydrogens is 292 g/mol. The lowest BCUT2D eigenvalue weighted by Crippen LogP contribution is -2.24. The van der Waals surface area contributed by atoms with Gasteiger partial charge in [-0.1, -0.05) is 23.7 Å². The molecule has 0 fully saturated rings. The zero-order valence-corrected chi connectivity index (χ0v) is 12.4. The lowest BCUT2D eigenvalue weighted by Gasteiger charge is -2.18. The average molecular weight is 307 g/mol. The van der Waals surface area contributed by atoms with Gasteiger partial charge in [-0.15, -0.1) is 0 Å². The number of rotatable bonds is 3. The van der Waals surface area contributed by atoms with Crippen LogP contribution in [0, 0.1) is 0 Å². The Hall–Kier alpha value is -2.05. The third kappa shape index (κ3) is 2.72. The Morgan fingerprint density at radius 3 is 3.00 bits per heavy atom. The highest BCUT2D eigenvalue weighted by molar-refractivity contribution is 6.31. The Morgan fingerprint density at radius 2 is 2.24 bits per heavy atom. The van der Waals surface area contributed by atoms with E-state index in [1.807, 2.05) is 32.0 Å². The minimum Gasteiger partial charge on any atom is -0.483 e. The monoisotopic (exact) mass is 306 g/mol. The molecule has 0 atom stereocenters. The van der Waals surface area contributed by atoms with E-state index in [1.54, 1.807) is 0 Å². The molecule has 1 aliphatic heterocycles. The summed E-state index contributed by atoms with van der Waals surface area (Å²) in [6, 6.07) is 5.75. The zero-order chi connectivity index (χ0) is 15.0. The highest BCUT2D eigenvalue weighted by atomic mass is 35.5. The van der Waals surface area contributed by atoms with Crippen LogP contribution in [-0.4, -0.2) is 15.6 Å². The van der Waals surface area contributed by atoms with Gasteiger partial charge in [-0.05, 0) is 19.9 Å². The topological polar surface area (TPSA) is 82.3 Å². The summed E-state index contributed by atoms with van der Waals surface area (Å²) in [7, 11) is 0. The van der Waals surface area contributed by atoms with E-state index in [0.717, 1.165) is 17.7 Å². The largest absolute Gasteiger partial charge is 0.483 e. The summed E-state index contributed by atoms with van der Waals surface area (Å²) < 4.78 is 11.7. The maximum Gasteiger partial charge on any atom is 0.243 e. The highest BCUT2D eigenvalue weighted by Crippen LogP contribution is 2.43. The molecule has 0 amide bonds. The molecule has 0 bridgehead atoms. The molecule has 7 heteroatoms. The minimum absolute atomic E-state index is 0.223. The third-order valence-electron chi connectivity index (χ3n) is 3.10. The molecule has 1 aliphatic rings. The van der Waals surface area contributed by atoms with E-state index >= 15 is 0 Å². The van der Waals surface area contributed by atoms with Crippen LogP contribution < -0.4 is 20.7 Å². The summed E-state index contributed by atoms with van der Waals surface area (Å²) in [6.45, 7) is 4.07. The van der Waals surface area contributed by atoms with Crippen molar-refractivity contribution in [1.29, 1.82) is 0 Å². The van der Waals surface area contributed by atoms with Crippen LogP contribution in [0.3, 0.4) is 0 Å². The molecule has 0 unspecified atom stereocenters. The Balaban J connectivity index is 1.96. The molecule has 2 aromatic rings. The van der Waals surface area contributed by atoms with Crippen molar-refractivity contribution in [2.75, 3.05) is 5.43 Å². The van der Waals surface area contributed by atoms with E-state index in [2.05, 4.69) is 15.4 Å². The van der Waals surface area contributed by atoms with E-state index in [4.69, 9.17) is 26.9 Å². The number of hydrazine groups is 1. The Labute approximate surface area is 127 Å². The number of fused-ring (bicyclic) bond motifs is 1. The maximum atomic E-state index is 6.05. The van der Waals surface area contributed by atoms with Gasteiger partial charge in [0.15, 0.2) is 11.5 Å². The maximum absolute atomic E-state index is 6.05. The zero-order valence-electron chi connectivity index (χ0n) is 11.7. The van der Waals surface area contributed by atoms with Gasteiger partial charge in [-0.2, -0.15) is 4.98 Å². The van der Waals surface area contributed by atoms with Gasteiger partial charge in [0.25, 0.3) is 0 Å². The minimum atomic E-state index is -0.249. The number of nitrogen functional groups attached to an aromatic ring is 1. The number of hydrogen-bond donors (Lipinski definition) is 2. The first-order chi connectivity index (χ1) is 9.98. The van der Waals surface area contributed by atoms with E-state index < -0.39 is 0 Å². The normalized spacial score (nSPS) is 15.2. The number of aromatic nitrogens is 2. The number of nitrogens with two attached hydrogens (primary N) is 1. The number of anilines is 1. The Bertz CT molecular complexity index is 691. The molecule has 0 saturated carbocycles. The standard InChI is InChI=1S/C14H15ClN4O2/c1-14(2)6-8-4-3-5-10(11(8)21-14)20-12-9(15)7-17-13(18-12)19-16/h3-5,7H,6,16H2,1-2H3,(H,17,18,19). The van der Waals surface area contributed by atoms with Crippen LogP contribution in [0.1, 0.15) is 19.4 Å². The van der Waals surface area contributed by atoms with Crippen LogP contribution in [-0.2, 0) is 6.42 Å². The average Bonchev–Trinajstić information content (AvgIpc) is 2.76. The van der Waals surface area contributed by atoms with Crippen LogP contribution >= 0.6 is 11.6 Å². The summed E-state index contributed by atoms with van der Waals surface area (Å²) in [5, 5.41) is 0.295. The van der Waals surface area contributed by atoms with Crippen molar-refractivity contribution in [3.05, 3.63) is 35.0 Å². The second-order valence-corrected chi connectivity index (χ2v) is 5.78. The number of ether oxygens (including phenoxy) is 2. The van der Waals surface area contributed by atoms with Crippen molar-refractivity contribution in [3.8, 4) is 17.4 Å².